The van der Waals surface area contributed by atoms with Gasteiger partial charge in [-0.3, -0.25) is 4.79 Å². The highest BCUT2D eigenvalue weighted by atomic mass is 79.9. The number of Topliss-reactive ketones (excluding diaryl/α,β-unsaturated/α-hetero) is 1. The molecule has 1 heterocycles. The monoisotopic (exact) mass is 337 g/mol. The van der Waals surface area contributed by atoms with Crippen molar-refractivity contribution in [2.45, 2.75) is 0 Å². The Labute approximate surface area is 124 Å². The molecule has 0 aliphatic rings. The predicted molar refractivity (Wildman–Crippen MR) is 76.1 cm³/mol. The normalized spacial score (nSPS) is 10.1. The Morgan fingerprint density at radius 2 is 2.10 bits per heavy atom. The van der Waals surface area contributed by atoms with Gasteiger partial charge >= 0.3 is 5.97 Å². The summed E-state index contributed by atoms with van der Waals surface area (Å²) in [5.74, 6) is -0.287. The number of halogens is 1. The zero-order valence-corrected chi connectivity index (χ0v) is 12.3. The number of ether oxygens (including phenoxy) is 2. The fourth-order valence-corrected chi connectivity index (χ4v) is 1.92. The van der Waals surface area contributed by atoms with Gasteiger partial charge in [0.15, 0.2) is 12.4 Å². The molecule has 0 aliphatic heterocycles. The molecule has 0 aliphatic carbocycles. The van der Waals surface area contributed by atoms with E-state index in [2.05, 4.69) is 20.9 Å². The molecule has 2 aromatic rings. The quantitative estimate of drug-likeness (QED) is 0.672. The van der Waals surface area contributed by atoms with Crippen LogP contribution in [0.3, 0.4) is 0 Å². The third-order valence-electron chi connectivity index (χ3n) is 2.59. The molecule has 2 rings (SSSR count). The highest BCUT2D eigenvalue weighted by Gasteiger charge is 2.13. The van der Waals surface area contributed by atoms with Gasteiger partial charge < -0.3 is 14.5 Å². The molecular weight excluding hydrogens is 326 g/mol. The first kappa shape index (κ1) is 14.3. The summed E-state index contributed by atoms with van der Waals surface area (Å²) in [6.07, 6.45) is 1.61. The van der Waals surface area contributed by atoms with E-state index in [0.29, 0.717) is 11.3 Å². The van der Waals surface area contributed by atoms with Crippen LogP contribution in [0.4, 0.5) is 0 Å². The van der Waals surface area contributed by atoms with Gasteiger partial charge in [-0.1, -0.05) is 12.1 Å². The van der Waals surface area contributed by atoms with E-state index in [-0.39, 0.29) is 18.1 Å². The number of hydrogen-bond donors (Lipinski definition) is 1. The Bertz CT molecular complexity index is 636. The van der Waals surface area contributed by atoms with Crippen LogP contribution in [-0.4, -0.2) is 30.5 Å². The van der Waals surface area contributed by atoms with Gasteiger partial charge in [-0.25, -0.2) is 4.79 Å². The number of aromatic nitrogens is 1. The average molecular weight is 338 g/mol. The molecule has 0 fully saturated rings. The summed E-state index contributed by atoms with van der Waals surface area (Å²) in [4.78, 5) is 26.3. The van der Waals surface area contributed by atoms with Gasteiger partial charge in [-0.15, -0.1) is 0 Å². The molecule has 0 radical (unpaired) electrons. The van der Waals surface area contributed by atoms with Gasteiger partial charge in [0.2, 0.25) is 0 Å². The summed E-state index contributed by atoms with van der Waals surface area (Å²) in [6, 6.07) is 8.26. The largest absolute Gasteiger partial charge is 0.497 e. The van der Waals surface area contributed by atoms with E-state index in [1.807, 2.05) is 0 Å². The number of rotatable bonds is 5. The fraction of sp³-hybridized carbons (Fsp3) is 0.143. The topological polar surface area (TPSA) is 68.4 Å². The van der Waals surface area contributed by atoms with E-state index < -0.39 is 5.97 Å². The van der Waals surface area contributed by atoms with Crippen molar-refractivity contribution in [3.63, 3.8) is 0 Å². The number of aromatic amines is 1. The van der Waals surface area contributed by atoms with Crippen molar-refractivity contribution in [2.75, 3.05) is 13.7 Å². The van der Waals surface area contributed by atoms with E-state index in [1.165, 1.54) is 7.11 Å². The van der Waals surface area contributed by atoms with Gasteiger partial charge in [0, 0.05) is 16.2 Å². The number of methoxy groups -OCH3 is 1. The third kappa shape index (κ3) is 3.48. The molecule has 5 nitrogen and oxygen atoms in total. The first-order chi connectivity index (χ1) is 9.60. The van der Waals surface area contributed by atoms with E-state index in [4.69, 9.17) is 9.47 Å². The van der Waals surface area contributed by atoms with Crippen LogP contribution in [-0.2, 0) is 4.74 Å². The Morgan fingerprint density at radius 1 is 1.30 bits per heavy atom. The van der Waals surface area contributed by atoms with Crippen molar-refractivity contribution in [1.29, 1.82) is 0 Å². The lowest BCUT2D eigenvalue weighted by atomic mass is 10.1. The third-order valence-corrected chi connectivity index (χ3v) is 3.05. The predicted octanol–water partition coefficient (Wildman–Crippen LogP) is 2.83. The van der Waals surface area contributed by atoms with Crippen molar-refractivity contribution < 1.29 is 19.1 Å². The lowest BCUT2D eigenvalue weighted by Crippen LogP contribution is -2.14. The number of carbonyl (C=O) groups is 2. The second-order valence-electron chi connectivity index (χ2n) is 3.96. The summed E-state index contributed by atoms with van der Waals surface area (Å²) in [5.41, 5.74) is 0.722. The van der Waals surface area contributed by atoms with Crippen LogP contribution in [0, 0.1) is 0 Å². The number of ketones is 1. The Balaban J connectivity index is 1.96. The smallest absolute Gasteiger partial charge is 0.355 e. The summed E-state index contributed by atoms with van der Waals surface area (Å²) < 4.78 is 10.7. The van der Waals surface area contributed by atoms with Crippen LogP contribution in [0.5, 0.6) is 5.75 Å². The van der Waals surface area contributed by atoms with Gasteiger partial charge in [0.1, 0.15) is 11.4 Å². The molecule has 1 N–H and O–H groups in total. The summed E-state index contributed by atoms with van der Waals surface area (Å²) in [6.45, 7) is -0.317. The molecular formula is C14H12BrNO4. The maximum Gasteiger partial charge on any atom is 0.355 e. The summed E-state index contributed by atoms with van der Waals surface area (Å²) >= 11 is 3.21. The van der Waals surface area contributed by atoms with Crippen LogP contribution < -0.4 is 4.74 Å². The van der Waals surface area contributed by atoms with Crippen molar-refractivity contribution in [3.05, 3.63) is 52.3 Å². The van der Waals surface area contributed by atoms with Crippen molar-refractivity contribution in [1.82, 2.24) is 4.98 Å². The number of esters is 1. The van der Waals surface area contributed by atoms with Gasteiger partial charge in [-0.2, -0.15) is 0 Å². The van der Waals surface area contributed by atoms with E-state index in [9.17, 15) is 9.59 Å². The SMILES string of the molecule is COc1cccc(C(=O)COC(=O)c2cc(Br)c[nH]2)c1. The van der Waals surface area contributed by atoms with Crippen LogP contribution in [0.1, 0.15) is 20.8 Å². The van der Waals surface area contributed by atoms with Crippen LogP contribution >= 0.6 is 15.9 Å². The fourth-order valence-electron chi connectivity index (χ4n) is 1.57. The molecule has 0 saturated carbocycles. The Morgan fingerprint density at radius 3 is 2.75 bits per heavy atom. The minimum Gasteiger partial charge on any atom is -0.497 e. The molecule has 1 aromatic heterocycles. The van der Waals surface area contributed by atoms with Crippen LogP contribution in [0.15, 0.2) is 41.0 Å². The van der Waals surface area contributed by atoms with Gasteiger partial charge in [0.05, 0.1) is 7.11 Å². The lowest BCUT2D eigenvalue weighted by Gasteiger charge is -2.05. The second-order valence-corrected chi connectivity index (χ2v) is 4.88. The highest BCUT2D eigenvalue weighted by Crippen LogP contribution is 2.14. The van der Waals surface area contributed by atoms with Crippen molar-refractivity contribution >= 4 is 27.7 Å². The second kappa shape index (κ2) is 6.38. The first-order valence-electron chi connectivity index (χ1n) is 5.78. The molecule has 0 spiro atoms. The minimum atomic E-state index is -0.577. The van der Waals surface area contributed by atoms with Gasteiger partial charge in [-0.05, 0) is 34.1 Å². The highest BCUT2D eigenvalue weighted by molar-refractivity contribution is 9.10. The van der Waals surface area contributed by atoms with Crippen molar-refractivity contribution in [2.24, 2.45) is 0 Å². The molecule has 0 amide bonds. The Hall–Kier alpha value is -2.08. The number of H-pyrrole nitrogens is 1. The number of benzene rings is 1. The van der Waals surface area contributed by atoms with Crippen molar-refractivity contribution in [3.8, 4) is 5.75 Å². The maximum absolute atomic E-state index is 11.9. The molecule has 6 heteroatoms. The standard InChI is InChI=1S/C14H12BrNO4/c1-19-11-4-2-3-9(5-11)13(17)8-20-14(18)12-6-10(15)7-16-12/h2-7,16H,8H2,1H3. The number of nitrogens with one attached hydrogen (secondary N) is 1. The van der Waals surface area contributed by atoms with E-state index in [0.717, 1.165) is 4.47 Å². The summed E-state index contributed by atoms with van der Waals surface area (Å²) in [5, 5.41) is 0. The Kier molecular flexibility index (Phi) is 4.57. The van der Waals surface area contributed by atoms with Gasteiger partial charge in [0.25, 0.3) is 0 Å². The average Bonchev–Trinajstić information content (AvgIpc) is 2.91. The number of carbonyl (C=O) groups excluding carboxylic acids is 2. The maximum atomic E-state index is 11.9. The molecule has 0 atom stereocenters. The first-order valence-corrected chi connectivity index (χ1v) is 6.58. The zero-order chi connectivity index (χ0) is 14.5. The summed E-state index contributed by atoms with van der Waals surface area (Å²) in [7, 11) is 1.52. The number of hydrogen-bond acceptors (Lipinski definition) is 4. The minimum absolute atomic E-state index is 0.287. The molecule has 104 valence electrons. The van der Waals surface area contributed by atoms with Crippen LogP contribution in [0.25, 0.3) is 0 Å². The lowest BCUT2D eigenvalue weighted by molar-refractivity contribution is 0.0469. The van der Waals surface area contributed by atoms with Crippen LogP contribution in [0.2, 0.25) is 0 Å². The molecule has 0 unspecified atom stereocenters. The molecule has 0 saturated heterocycles. The zero-order valence-electron chi connectivity index (χ0n) is 10.7. The van der Waals surface area contributed by atoms with E-state index in [1.54, 1.807) is 36.5 Å². The molecule has 1 aromatic carbocycles. The molecule has 0 bridgehead atoms. The molecule has 20 heavy (non-hydrogen) atoms. The van der Waals surface area contributed by atoms with E-state index >= 15 is 0 Å².